The highest BCUT2D eigenvalue weighted by atomic mass is 127. The van der Waals surface area contributed by atoms with Crippen LogP contribution in [-0.2, 0) is 0 Å². The van der Waals surface area contributed by atoms with Crippen LogP contribution in [0, 0.1) is 15.9 Å². The fraction of sp³-hybridized carbons (Fsp3) is 0.500. The highest BCUT2D eigenvalue weighted by Crippen LogP contribution is 2.31. The van der Waals surface area contributed by atoms with Gasteiger partial charge in [0.15, 0.2) is 0 Å². The number of benzene rings is 1. The van der Waals surface area contributed by atoms with E-state index in [1.165, 1.54) is 14.7 Å². The molecular formula is C12H18IN. The summed E-state index contributed by atoms with van der Waals surface area (Å²) in [5.41, 5.74) is 8.86. The molecule has 78 valence electrons. The molecule has 0 aromatic heterocycles. The highest BCUT2D eigenvalue weighted by molar-refractivity contribution is 14.1. The van der Waals surface area contributed by atoms with Gasteiger partial charge in [0.1, 0.15) is 0 Å². The predicted molar refractivity (Wildman–Crippen MR) is 70.3 cm³/mol. The lowest BCUT2D eigenvalue weighted by molar-refractivity contribution is 0.327. The first-order valence-corrected chi connectivity index (χ1v) is 5.92. The number of hydrogen-bond acceptors (Lipinski definition) is 1. The monoisotopic (exact) mass is 303 g/mol. The third kappa shape index (κ3) is 2.70. The maximum Gasteiger partial charge on any atom is 0.0344 e. The average Bonchev–Trinajstić information content (AvgIpc) is 2.07. The zero-order chi connectivity index (χ0) is 10.9. The Morgan fingerprint density at radius 3 is 2.29 bits per heavy atom. The van der Waals surface area contributed by atoms with E-state index in [0.29, 0.717) is 0 Å². The summed E-state index contributed by atoms with van der Waals surface area (Å²) >= 11 is 2.36. The highest BCUT2D eigenvalue weighted by Gasteiger charge is 2.22. The fourth-order valence-electron chi connectivity index (χ4n) is 1.30. The van der Waals surface area contributed by atoms with Crippen molar-refractivity contribution in [3.8, 4) is 0 Å². The van der Waals surface area contributed by atoms with Gasteiger partial charge in [-0.25, -0.2) is 0 Å². The molecule has 1 aromatic carbocycles. The van der Waals surface area contributed by atoms with Gasteiger partial charge in [0, 0.05) is 9.61 Å². The minimum atomic E-state index is 0.108. The SMILES string of the molecule is Cc1ccc([C@H](N)C(C)(C)C)cc1I. The Morgan fingerprint density at radius 1 is 1.29 bits per heavy atom. The molecule has 0 saturated carbocycles. The van der Waals surface area contributed by atoms with Crippen molar-refractivity contribution in [2.75, 3.05) is 0 Å². The lowest BCUT2D eigenvalue weighted by Gasteiger charge is -2.27. The first-order valence-electron chi connectivity index (χ1n) is 4.84. The molecule has 0 spiro atoms. The molecule has 0 saturated heterocycles. The third-order valence-electron chi connectivity index (χ3n) is 2.49. The molecule has 1 atom stereocenters. The van der Waals surface area contributed by atoms with Crippen LogP contribution < -0.4 is 5.73 Å². The van der Waals surface area contributed by atoms with Crippen molar-refractivity contribution in [2.24, 2.45) is 11.1 Å². The maximum atomic E-state index is 6.19. The topological polar surface area (TPSA) is 26.0 Å². The van der Waals surface area contributed by atoms with Crippen LogP contribution in [0.2, 0.25) is 0 Å². The first-order chi connectivity index (χ1) is 6.32. The minimum absolute atomic E-state index is 0.108. The maximum absolute atomic E-state index is 6.19. The van der Waals surface area contributed by atoms with E-state index in [-0.39, 0.29) is 11.5 Å². The molecule has 1 rings (SSSR count). The summed E-state index contributed by atoms with van der Waals surface area (Å²) in [7, 11) is 0. The fourth-order valence-corrected chi connectivity index (χ4v) is 1.84. The van der Waals surface area contributed by atoms with Gasteiger partial charge < -0.3 is 5.73 Å². The molecule has 0 radical (unpaired) electrons. The molecule has 0 fully saturated rings. The van der Waals surface area contributed by atoms with Crippen molar-refractivity contribution in [3.63, 3.8) is 0 Å². The van der Waals surface area contributed by atoms with E-state index in [9.17, 15) is 0 Å². The summed E-state index contributed by atoms with van der Waals surface area (Å²) in [6, 6.07) is 6.57. The molecule has 0 unspecified atom stereocenters. The molecule has 1 nitrogen and oxygen atoms in total. The van der Waals surface area contributed by atoms with E-state index in [1.54, 1.807) is 0 Å². The van der Waals surface area contributed by atoms with E-state index >= 15 is 0 Å². The second kappa shape index (κ2) is 4.19. The van der Waals surface area contributed by atoms with Gasteiger partial charge in [-0.3, -0.25) is 0 Å². The van der Waals surface area contributed by atoms with E-state index in [1.807, 2.05) is 0 Å². The van der Waals surface area contributed by atoms with Crippen LogP contribution in [0.1, 0.15) is 37.9 Å². The van der Waals surface area contributed by atoms with Crippen LogP contribution in [-0.4, -0.2) is 0 Å². The van der Waals surface area contributed by atoms with Gasteiger partial charge in [-0.05, 0) is 52.1 Å². The number of hydrogen-bond donors (Lipinski definition) is 1. The van der Waals surface area contributed by atoms with Crippen molar-refractivity contribution < 1.29 is 0 Å². The van der Waals surface area contributed by atoms with Gasteiger partial charge in [-0.2, -0.15) is 0 Å². The van der Waals surface area contributed by atoms with Crippen molar-refractivity contribution in [2.45, 2.75) is 33.7 Å². The Bertz CT molecular complexity index is 326. The second-order valence-corrected chi connectivity index (χ2v) is 6.01. The molecule has 1 aromatic rings. The predicted octanol–water partition coefficient (Wildman–Crippen LogP) is 3.65. The van der Waals surface area contributed by atoms with Gasteiger partial charge in [0.05, 0.1) is 0 Å². The first kappa shape index (κ1) is 12.0. The van der Waals surface area contributed by atoms with Gasteiger partial charge in [0.25, 0.3) is 0 Å². The van der Waals surface area contributed by atoms with Crippen LogP contribution in [0.3, 0.4) is 0 Å². The summed E-state index contributed by atoms with van der Waals surface area (Å²) in [5.74, 6) is 0. The van der Waals surface area contributed by atoms with Crippen LogP contribution in [0.15, 0.2) is 18.2 Å². The molecule has 2 heteroatoms. The van der Waals surface area contributed by atoms with Gasteiger partial charge in [-0.1, -0.05) is 32.9 Å². The lowest BCUT2D eigenvalue weighted by Crippen LogP contribution is -2.26. The number of rotatable bonds is 1. The van der Waals surface area contributed by atoms with Crippen molar-refractivity contribution >= 4 is 22.6 Å². The average molecular weight is 303 g/mol. The Labute approximate surface area is 100 Å². The van der Waals surface area contributed by atoms with Gasteiger partial charge >= 0.3 is 0 Å². The van der Waals surface area contributed by atoms with Crippen molar-refractivity contribution in [3.05, 3.63) is 32.9 Å². The third-order valence-corrected chi connectivity index (χ3v) is 3.65. The Morgan fingerprint density at radius 2 is 1.86 bits per heavy atom. The largest absolute Gasteiger partial charge is 0.324 e. The molecule has 0 bridgehead atoms. The van der Waals surface area contributed by atoms with E-state index < -0.39 is 0 Å². The normalized spacial score (nSPS) is 14.1. The standard InChI is InChI=1S/C12H18IN/c1-8-5-6-9(7-10(8)13)11(14)12(2,3)4/h5-7,11H,14H2,1-4H3/t11-/m0/s1. The summed E-state index contributed by atoms with van der Waals surface area (Å²) in [4.78, 5) is 0. The Hall–Kier alpha value is -0.0900. The smallest absolute Gasteiger partial charge is 0.0344 e. The van der Waals surface area contributed by atoms with Crippen LogP contribution in [0.4, 0.5) is 0 Å². The minimum Gasteiger partial charge on any atom is -0.324 e. The molecule has 14 heavy (non-hydrogen) atoms. The summed E-state index contributed by atoms with van der Waals surface area (Å²) in [5, 5.41) is 0. The Balaban J connectivity index is 3.03. The van der Waals surface area contributed by atoms with Crippen LogP contribution in [0.5, 0.6) is 0 Å². The summed E-state index contributed by atoms with van der Waals surface area (Å²) in [6.45, 7) is 8.63. The van der Waals surface area contributed by atoms with Gasteiger partial charge in [0.2, 0.25) is 0 Å². The molecular weight excluding hydrogens is 285 g/mol. The van der Waals surface area contributed by atoms with Crippen molar-refractivity contribution in [1.29, 1.82) is 0 Å². The Kier molecular flexibility index (Phi) is 3.58. The molecule has 0 heterocycles. The number of halogens is 1. The summed E-state index contributed by atoms with van der Waals surface area (Å²) in [6.07, 6.45) is 0. The van der Waals surface area contributed by atoms with Gasteiger partial charge in [-0.15, -0.1) is 0 Å². The van der Waals surface area contributed by atoms with Crippen LogP contribution >= 0.6 is 22.6 Å². The second-order valence-electron chi connectivity index (χ2n) is 4.85. The van der Waals surface area contributed by atoms with E-state index in [4.69, 9.17) is 5.73 Å². The van der Waals surface area contributed by atoms with E-state index in [0.717, 1.165) is 0 Å². The molecule has 0 aliphatic heterocycles. The van der Waals surface area contributed by atoms with Crippen LogP contribution in [0.25, 0.3) is 0 Å². The van der Waals surface area contributed by atoms with Crippen molar-refractivity contribution in [1.82, 2.24) is 0 Å². The molecule has 0 amide bonds. The molecule has 2 N–H and O–H groups in total. The molecule has 0 aliphatic rings. The van der Waals surface area contributed by atoms with E-state index in [2.05, 4.69) is 68.5 Å². The quantitative estimate of drug-likeness (QED) is 0.788. The molecule has 0 aliphatic carbocycles. The summed E-state index contributed by atoms with van der Waals surface area (Å²) < 4.78 is 1.29. The zero-order valence-corrected chi connectivity index (χ0v) is 11.4. The number of aryl methyl sites for hydroxylation is 1. The number of nitrogens with two attached hydrogens (primary N) is 1. The lowest BCUT2D eigenvalue weighted by atomic mass is 9.83. The zero-order valence-electron chi connectivity index (χ0n) is 9.26.